The Labute approximate surface area is 184 Å². The Morgan fingerprint density at radius 2 is 1.65 bits per heavy atom. The molecular weight excluding hydrogens is 398 g/mol. The molecule has 0 amide bonds. The number of hydrogen-bond donors (Lipinski definition) is 2. The lowest BCUT2D eigenvalue weighted by Gasteiger charge is -2.36. The molecule has 2 aliphatic heterocycles. The third-order valence-corrected chi connectivity index (χ3v) is 6.37. The first-order valence-electron chi connectivity index (χ1n) is 11.4. The molecule has 9 nitrogen and oxygen atoms in total. The smallest absolute Gasteiger partial charge is 0.320 e. The average molecular weight is 434 g/mol. The molecule has 2 fully saturated rings. The number of rotatable bonds is 6. The minimum absolute atomic E-state index is 0.0580. The number of nitrogens with zero attached hydrogens (tertiary/aromatic N) is 4. The zero-order valence-corrected chi connectivity index (χ0v) is 18.2. The highest BCUT2D eigenvalue weighted by atomic mass is 16.6. The fraction of sp³-hybridized carbons (Fsp3) is 0.682. The number of nitro benzene ring substituents is 1. The van der Waals surface area contributed by atoms with Gasteiger partial charge in [0.15, 0.2) is 0 Å². The number of aryl methyl sites for hydroxylation is 1. The van der Waals surface area contributed by atoms with Gasteiger partial charge < -0.3 is 20.2 Å². The predicted octanol–water partition coefficient (Wildman–Crippen LogP) is 1.28. The van der Waals surface area contributed by atoms with E-state index in [9.17, 15) is 20.0 Å². The molecule has 2 N–H and O–H groups in total. The summed E-state index contributed by atoms with van der Waals surface area (Å²) in [6.45, 7) is 9.62. The average Bonchev–Trinajstić information content (AvgIpc) is 2.76. The normalized spacial score (nSPS) is 24.9. The van der Waals surface area contributed by atoms with Crippen molar-refractivity contribution in [2.24, 2.45) is 0 Å². The maximum atomic E-state index is 12.1. The fourth-order valence-corrected chi connectivity index (χ4v) is 4.48. The van der Waals surface area contributed by atoms with Gasteiger partial charge in [0.05, 0.1) is 4.92 Å². The number of nitrogens with one attached hydrogen (secondary N) is 1. The van der Waals surface area contributed by atoms with Crippen LogP contribution in [0.5, 0.6) is 0 Å². The van der Waals surface area contributed by atoms with E-state index >= 15 is 0 Å². The number of nitro groups is 1. The summed E-state index contributed by atoms with van der Waals surface area (Å²) in [5.41, 5.74) is 0.989. The summed E-state index contributed by atoms with van der Waals surface area (Å²) in [4.78, 5) is 29.6. The van der Waals surface area contributed by atoms with Gasteiger partial charge in [-0.2, -0.15) is 0 Å². The van der Waals surface area contributed by atoms with Crippen LogP contribution in [-0.4, -0.2) is 102 Å². The van der Waals surface area contributed by atoms with E-state index in [-0.39, 0.29) is 5.69 Å². The van der Waals surface area contributed by atoms with Gasteiger partial charge in [0.1, 0.15) is 6.04 Å². The molecule has 31 heavy (non-hydrogen) atoms. The molecular formula is C22H35N5O4. The van der Waals surface area contributed by atoms with Crippen LogP contribution < -0.4 is 5.32 Å². The number of carboxylic acid groups (broad SMARTS) is 1. The number of carbonyl (C=O) groups is 1. The van der Waals surface area contributed by atoms with E-state index in [1.54, 1.807) is 12.1 Å². The summed E-state index contributed by atoms with van der Waals surface area (Å²) >= 11 is 0. The lowest BCUT2D eigenvalue weighted by molar-refractivity contribution is -0.384. The van der Waals surface area contributed by atoms with Crippen LogP contribution in [0.1, 0.15) is 24.8 Å². The number of hydrogen-bond acceptors (Lipinski definition) is 7. The van der Waals surface area contributed by atoms with Gasteiger partial charge in [0, 0.05) is 57.9 Å². The summed E-state index contributed by atoms with van der Waals surface area (Å²) in [6.07, 6.45) is 3.16. The quantitative estimate of drug-likeness (QED) is 0.511. The third kappa shape index (κ3) is 7.53. The molecule has 3 rings (SSSR count). The van der Waals surface area contributed by atoms with Crippen molar-refractivity contribution in [3.8, 4) is 0 Å². The molecule has 1 aromatic rings. The zero-order chi connectivity index (χ0) is 22.1. The van der Waals surface area contributed by atoms with Crippen molar-refractivity contribution in [1.82, 2.24) is 20.0 Å². The molecule has 0 saturated carbocycles. The first-order valence-corrected chi connectivity index (χ1v) is 11.4. The molecule has 1 aromatic carbocycles. The van der Waals surface area contributed by atoms with Crippen molar-refractivity contribution >= 4 is 11.7 Å². The van der Waals surface area contributed by atoms with E-state index in [4.69, 9.17) is 0 Å². The molecule has 0 aliphatic carbocycles. The molecule has 2 aliphatic rings. The Morgan fingerprint density at radius 1 is 0.968 bits per heavy atom. The monoisotopic (exact) mass is 433 g/mol. The van der Waals surface area contributed by atoms with Gasteiger partial charge in [-0.1, -0.05) is 12.1 Å². The van der Waals surface area contributed by atoms with E-state index in [1.165, 1.54) is 12.1 Å². The number of aliphatic carboxylic acids is 1. The summed E-state index contributed by atoms with van der Waals surface area (Å²) in [6, 6.07) is 5.89. The molecule has 2 bridgehead atoms. The molecule has 0 spiro atoms. The van der Waals surface area contributed by atoms with Crippen molar-refractivity contribution in [2.75, 3.05) is 65.4 Å². The molecule has 0 radical (unpaired) electrons. The van der Waals surface area contributed by atoms with Crippen molar-refractivity contribution in [1.29, 1.82) is 0 Å². The van der Waals surface area contributed by atoms with E-state index < -0.39 is 16.9 Å². The fourth-order valence-electron chi connectivity index (χ4n) is 4.48. The van der Waals surface area contributed by atoms with Crippen LogP contribution in [0.2, 0.25) is 0 Å². The molecule has 3 unspecified atom stereocenters. The Kier molecular flexibility index (Phi) is 9.20. The SMILES string of the molecule is O=C(O)C(CCc1ccc([N+](=O)[O-])cc1)N1CCCN2CCNCCCN(CC2)CC1. The zero-order valence-electron chi connectivity index (χ0n) is 18.2. The van der Waals surface area contributed by atoms with Gasteiger partial charge in [-0.25, -0.2) is 0 Å². The summed E-state index contributed by atoms with van der Waals surface area (Å²) in [5, 5.41) is 24.3. The molecule has 3 atom stereocenters. The Balaban J connectivity index is 1.64. The second kappa shape index (κ2) is 12.1. The van der Waals surface area contributed by atoms with Crippen molar-refractivity contribution in [3.63, 3.8) is 0 Å². The molecule has 9 heteroatoms. The van der Waals surface area contributed by atoms with Crippen LogP contribution in [0.25, 0.3) is 0 Å². The number of benzene rings is 1. The predicted molar refractivity (Wildman–Crippen MR) is 119 cm³/mol. The van der Waals surface area contributed by atoms with E-state index in [1.807, 2.05) is 0 Å². The van der Waals surface area contributed by atoms with Crippen LogP contribution in [0.15, 0.2) is 24.3 Å². The Morgan fingerprint density at radius 3 is 2.35 bits per heavy atom. The van der Waals surface area contributed by atoms with Crippen molar-refractivity contribution in [2.45, 2.75) is 31.7 Å². The second-order valence-electron chi connectivity index (χ2n) is 8.49. The van der Waals surface area contributed by atoms with Gasteiger partial charge >= 0.3 is 5.97 Å². The molecule has 2 saturated heterocycles. The third-order valence-electron chi connectivity index (χ3n) is 6.37. The highest BCUT2D eigenvalue weighted by molar-refractivity contribution is 5.73. The van der Waals surface area contributed by atoms with Gasteiger partial charge in [-0.05, 0) is 50.9 Å². The highest BCUT2D eigenvalue weighted by Gasteiger charge is 2.26. The number of fused-ring (bicyclic) bond motifs is 3. The molecule has 2 heterocycles. The Bertz CT molecular complexity index is 714. The first-order chi connectivity index (χ1) is 15.0. The van der Waals surface area contributed by atoms with Gasteiger partial charge in [0.2, 0.25) is 0 Å². The van der Waals surface area contributed by atoms with Crippen LogP contribution in [-0.2, 0) is 11.2 Å². The van der Waals surface area contributed by atoms with Gasteiger partial charge in [-0.15, -0.1) is 0 Å². The topological polar surface area (TPSA) is 102 Å². The minimum atomic E-state index is -0.785. The maximum Gasteiger partial charge on any atom is 0.320 e. The van der Waals surface area contributed by atoms with E-state index in [0.29, 0.717) is 12.8 Å². The van der Waals surface area contributed by atoms with Crippen LogP contribution in [0, 0.1) is 10.1 Å². The van der Waals surface area contributed by atoms with Crippen LogP contribution in [0.4, 0.5) is 5.69 Å². The lowest BCUT2D eigenvalue weighted by Crippen LogP contribution is -2.50. The number of non-ortho nitro benzene ring substituents is 1. The van der Waals surface area contributed by atoms with E-state index in [2.05, 4.69) is 20.0 Å². The van der Waals surface area contributed by atoms with Crippen molar-refractivity contribution < 1.29 is 14.8 Å². The molecule has 172 valence electrons. The largest absolute Gasteiger partial charge is 0.480 e. The van der Waals surface area contributed by atoms with Crippen LogP contribution in [0.3, 0.4) is 0 Å². The lowest BCUT2D eigenvalue weighted by atomic mass is 10.0. The van der Waals surface area contributed by atoms with Gasteiger partial charge in [0.25, 0.3) is 5.69 Å². The van der Waals surface area contributed by atoms with Gasteiger partial charge in [-0.3, -0.25) is 19.8 Å². The number of carboxylic acids is 1. The summed E-state index contributed by atoms with van der Waals surface area (Å²) in [5.74, 6) is -0.785. The maximum absolute atomic E-state index is 12.1. The molecule has 0 aromatic heterocycles. The standard InChI is InChI=1S/C22H35N5O4/c28-22(29)21(8-5-19-3-6-20(7-4-19)27(30)31)26-13-2-12-24-14-10-23-9-1-11-25(16-15-24)17-18-26/h3-4,6-7,21,23H,1-2,5,8-18H2,(H,28,29). The van der Waals surface area contributed by atoms with Crippen LogP contribution >= 0.6 is 0 Å². The minimum Gasteiger partial charge on any atom is -0.480 e. The van der Waals surface area contributed by atoms with E-state index in [0.717, 1.165) is 83.9 Å². The summed E-state index contributed by atoms with van der Waals surface area (Å²) < 4.78 is 0. The first kappa shape index (κ1) is 23.6. The second-order valence-corrected chi connectivity index (χ2v) is 8.49. The Hall–Kier alpha value is -2.07. The highest BCUT2D eigenvalue weighted by Crippen LogP contribution is 2.16. The summed E-state index contributed by atoms with van der Waals surface area (Å²) in [7, 11) is 0. The van der Waals surface area contributed by atoms with Crippen molar-refractivity contribution in [3.05, 3.63) is 39.9 Å².